The number of hydrogen-bond acceptors (Lipinski definition) is 6. The molecule has 0 unspecified atom stereocenters. The Morgan fingerprint density at radius 3 is 2.57 bits per heavy atom. The Balaban J connectivity index is 1.70. The smallest absolute Gasteiger partial charge is 0.335 e. The number of aromatic amines is 1. The van der Waals surface area contributed by atoms with Gasteiger partial charge in [0.1, 0.15) is 5.75 Å². The van der Waals surface area contributed by atoms with Crippen LogP contribution in [0.1, 0.15) is 52.0 Å². The molecule has 0 radical (unpaired) electrons. The van der Waals surface area contributed by atoms with E-state index in [-0.39, 0.29) is 23.8 Å². The lowest BCUT2D eigenvalue weighted by Gasteiger charge is -2.27. The second-order valence-electron chi connectivity index (χ2n) is 9.59. The van der Waals surface area contributed by atoms with Crippen molar-refractivity contribution in [2.75, 3.05) is 0 Å². The first-order valence-corrected chi connectivity index (χ1v) is 12.3. The maximum absolute atomic E-state index is 13.8. The van der Waals surface area contributed by atoms with Crippen molar-refractivity contribution >= 4 is 11.7 Å². The fraction of sp³-hybridized carbons (Fsp3) is 0.423. The molecule has 0 saturated heterocycles. The van der Waals surface area contributed by atoms with Gasteiger partial charge in [-0.25, -0.2) is 28.5 Å². The van der Waals surface area contributed by atoms with Crippen LogP contribution in [0, 0.1) is 17.7 Å². The number of nitrogens with zero attached hydrogens (tertiary/aromatic N) is 4. The van der Waals surface area contributed by atoms with Crippen molar-refractivity contribution in [1.82, 2.24) is 19.1 Å². The molecule has 1 fully saturated rings. The number of halogens is 1. The van der Waals surface area contributed by atoms with Crippen molar-refractivity contribution in [3.8, 4) is 11.6 Å². The Labute approximate surface area is 212 Å². The van der Waals surface area contributed by atoms with E-state index in [2.05, 4.69) is 21.9 Å². The van der Waals surface area contributed by atoms with Gasteiger partial charge in [-0.3, -0.25) is 14.3 Å². The normalized spacial score (nSPS) is 18.9. The van der Waals surface area contributed by atoms with Crippen molar-refractivity contribution in [3.63, 3.8) is 0 Å². The van der Waals surface area contributed by atoms with Gasteiger partial charge in [0.05, 0.1) is 18.2 Å². The van der Waals surface area contributed by atoms with Crippen LogP contribution in [0.15, 0.2) is 57.2 Å². The Morgan fingerprint density at radius 1 is 1.22 bits per heavy atom. The lowest BCUT2D eigenvalue weighted by atomic mass is 9.83. The number of H-pyrrole nitrogens is 1. The van der Waals surface area contributed by atoms with Crippen molar-refractivity contribution in [3.05, 3.63) is 75.0 Å². The number of aromatic nitrogens is 4. The van der Waals surface area contributed by atoms with E-state index >= 15 is 0 Å². The van der Waals surface area contributed by atoms with Crippen LogP contribution in [-0.4, -0.2) is 30.2 Å². The highest BCUT2D eigenvalue weighted by Crippen LogP contribution is 2.29. The van der Waals surface area contributed by atoms with Crippen LogP contribution in [0.25, 0.3) is 0 Å². The van der Waals surface area contributed by atoms with E-state index < -0.39 is 29.2 Å². The van der Waals surface area contributed by atoms with Crippen LogP contribution in [0.4, 0.5) is 10.1 Å². The molecular weight excluding hydrogens is 481 g/mol. The van der Waals surface area contributed by atoms with Gasteiger partial charge in [0.25, 0.3) is 5.88 Å². The highest BCUT2D eigenvalue weighted by atomic mass is 19.1. The summed E-state index contributed by atoms with van der Waals surface area (Å²) in [5.41, 5.74) is -0.805. The van der Waals surface area contributed by atoms with E-state index in [1.807, 2.05) is 0 Å². The second-order valence-corrected chi connectivity index (χ2v) is 9.59. The molecule has 0 amide bonds. The maximum Gasteiger partial charge on any atom is 0.335 e. The van der Waals surface area contributed by atoms with Crippen LogP contribution in [0.3, 0.4) is 0 Å². The topological polar surface area (TPSA) is 132 Å². The third-order valence-electron chi connectivity index (χ3n) is 6.63. The number of benzene rings is 1. The van der Waals surface area contributed by atoms with Gasteiger partial charge in [-0.15, -0.1) is 0 Å². The summed E-state index contributed by atoms with van der Waals surface area (Å²) in [4.78, 5) is 48.5. The summed E-state index contributed by atoms with van der Waals surface area (Å²) in [7, 11) is 0. The molecule has 2 heterocycles. The van der Waals surface area contributed by atoms with E-state index in [1.165, 1.54) is 29.8 Å². The number of carboxylic acid groups (broad SMARTS) is 1. The Hall–Kier alpha value is -4.02. The summed E-state index contributed by atoms with van der Waals surface area (Å²) in [5, 5.41) is 9.17. The Kier molecular flexibility index (Phi) is 8.00. The molecule has 4 rings (SSSR count). The molecule has 196 valence electrons. The number of pyridine rings is 1. The highest BCUT2D eigenvalue weighted by molar-refractivity contribution is 5.67. The fourth-order valence-corrected chi connectivity index (χ4v) is 4.56. The summed E-state index contributed by atoms with van der Waals surface area (Å²) < 4.78 is 21.7. The third kappa shape index (κ3) is 6.41. The maximum atomic E-state index is 13.8. The number of carboxylic acids is 1. The molecular formula is C26H30FN5O5. The summed E-state index contributed by atoms with van der Waals surface area (Å²) in [5.74, 6) is -0.644. The number of rotatable bonds is 8. The molecule has 1 saturated carbocycles. The fourth-order valence-electron chi connectivity index (χ4n) is 4.56. The molecule has 11 heteroatoms. The molecule has 1 atom stereocenters. The zero-order chi connectivity index (χ0) is 26.5. The molecule has 0 spiro atoms. The van der Waals surface area contributed by atoms with Crippen molar-refractivity contribution in [2.24, 2.45) is 16.8 Å². The van der Waals surface area contributed by atoms with Gasteiger partial charge < -0.3 is 9.84 Å². The first-order valence-electron chi connectivity index (χ1n) is 12.3. The van der Waals surface area contributed by atoms with E-state index in [4.69, 9.17) is 4.74 Å². The first kappa shape index (κ1) is 26.1. The molecule has 0 bridgehead atoms. The summed E-state index contributed by atoms with van der Waals surface area (Å²) in [6.07, 6.45) is 5.08. The highest BCUT2D eigenvalue weighted by Gasteiger charge is 2.22. The van der Waals surface area contributed by atoms with Gasteiger partial charge in [0, 0.05) is 12.7 Å². The van der Waals surface area contributed by atoms with Crippen LogP contribution in [0.5, 0.6) is 11.6 Å². The van der Waals surface area contributed by atoms with Crippen LogP contribution in [0.2, 0.25) is 0 Å². The van der Waals surface area contributed by atoms with Crippen LogP contribution in [-0.2, 0) is 11.3 Å². The third-order valence-corrected chi connectivity index (χ3v) is 6.63. The molecule has 0 aliphatic heterocycles. The lowest BCUT2D eigenvalue weighted by Crippen LogP contribution is -2.51. The van der Waals surface area contributed by atoms with Crippen molar-refractivity contribution in [2.45, 2.75) is 58.5 Å². The molecule has 3 aromatic rings. The number of ether oxygens (including phenoxy) is 1. The number of hydrogen-bond donors (Lipinski definition) is 2. The van der Waals surface area contributed by atoms with Gasteiger partial charge in [-0.05, 0) is 68.0 Å². The predicted octanol–water partition coefficient (Wildman–Crippen LogP) is 3.76. The second kappa shape index (κ2) is 11.4. The SMILES string of the molecule is C[C@@H](CC(=O)O)n1c(=O)[nH]/c(=N\c2ccc(Oc3ncccc3F)cc2)n(C[C@H]2CC[C@H](C)CC2)c1=O. The van der Waals surface area contributed by atoms with Crippen LogP contribution >= 0.6 is 0 Å². The largest absolute Gasteiger partial charge is 0.481 e. The minimum Gasteiger partial charge on any atom is -0.481 e. The van der Waals surface area contributed by atoms with Gasteiger partial charge in [0.15, 0.2) is 5.82 Å². The summed E-state index contributed by atoms with van der Waals surface area (Å²) in [6, 6.07) is 8.25. The average molecular weight is 512 g/mol. The van der Waals surface area contributed by atoms with E-state index in [1.54, 1.807) is 24.3 Å². The van der Waals surface area contributed by atoms with Crippen molar-refractivity contribution < 1.29 is 19.0 Å². The molecule has 1 aliphatic carbocycles. The zero-order valence-corrected chi connectivity index (χ0v) is 20.8. The molecule has 2 N–H and O–H groups in total. The minimum absolute atomic E-state index is 0.0804. The first-order chi connectivity index (χ1) is 17.7. The lowest BCUT2D eigenvalue weighted by molar-refractivity contribution is -0.137. The zero-order valence-electron chi connectivity index (χ0n) is 20.8. The molecule has 10 nitrogen and oxygen atoms in total. The van der Waals surface area contributed by atoms with Gasteiger partial charge in [0.2, 0.25) is 5.62 Å². The van der Waals surface area contributed by atoms with E-state index in [9.17, 15) is 23.9 Å². The summed E-state index contributed by atoms with van der Waals surface area (Å²) in [6.45, 7) is 4.10. The van der Waals surface area contributed by atoms with Crippen LogP contribution < -0.4 is 21.7 Å². The Bertz CT molecular complexity index is 1440. The standard InChI is InChI=1S/C26H30FN5O5/c1-16-5-7-18(8-6-16)15-31-24(30-25(35)32(26(31)36)17(2)14-22(33)34)29-19-9-11-20(12-10-19)37-23-21(27)4-3-13-28-23/h3-4,9-13,16-18H,5-8,14-15H2,1-2H3,(H,33,34)(H,29,30,35)/t16-,17-,18-/m0/s1. The number of nitrogens with one attached hydrogen (secondary N) is 1. The summed E-state index contributed by atoms with van der Waals surface area (Å²) >= 11 is 0. The minimum atomic E-state index is -1.10. The molecule has 1 aromatic carbocycles. The quantitative estimate of drug-likeness (QED) is 0.473. The van der Waals surface area contributed by atoms with E-state index in [0.29, 0.717) is 23.9 Å². The average Bonchev–Trinajstić information content (AvgIpc) is 2.85. The molecule has 37 heavy (non-hydrogen) atoms. The Morgan fingerprint density at radius 2 is 1.92 bits per heavy atom. The monoisotopic (exact) mass is 511 g/mol. The van der Waals surface area contributed by atoms with Gasteiger partial charge in [-0.1, -0.05) is 19.8 Å². The van der Waals surface area contributed by atoms with Gasteiger partial charge in [-0.2, -0.15) is 0 Å². The number of aliphatic carboxylic acids is 1. The van der Waals surface area contributed by atoms with Gasteiger partial charge >= 0.3 is 17.3 Å². The van der Waals surface area contributed by atoms with Crippen molar-refractivity contribution in [1.29, 1.82) is 0 Å². The molecule has 2 aromatic heterocycles. The molecule has 1 aliphatic rings. The predicted molar refractivity (Wildman–Crippen MR) is 133 cm³/mol. The van der Waals surface area contributed by atoms with E-state index in [0.717, 1.165) is 30.3 Å². The number of carbonyl (C=O) groups is 1.